The maximum absolute atomic E-state index is 12.3. The first kappa shape index (κ1) is 13.1. The van der Waals surface area contributed by atoms with Gasteiger partial charge in [-0.3, -0.25) is 4.79 Å². The number of nitrogens with zero attached hydrogens (tertiary/aromatic N) is 2. The van der Waals surface area contributed by atoms with Gasteiger partial charge in [0.25, 0.3) is 5.91 Å². The number of likely N-dealkylation sites (N-methyl/N-ethyl adjacent to an activating group) is 1. The van der Waals surface area contributed by atoms with Crippen molar-refractivity contribution in [1.82, 2.24) is 9.80 Å². The lowest BCUT2D eigenvalue weighted by molar-refractivity contribution is 0.0783. The molecule has 1 amide bonds. The van der Waals surface area contributed by atoms with E-state index < -0.39 is 0 Å². The van der Waals surface area contributed by atoms with Crippen LogP contribution >= 0.6 is 0 Å². The Morgan fingerprint density at radius 3 is 2.50 bits per heavy atom. The van der Waals surface area contributed by atoms with Crippen molar-refractivity contribution >= 4 is 5.91 Å². The number of likely N-dealkylation sites (tertiary alicyclic amines) is 1. The highest BCUT2D eigenvalue weighted by atomic mass is 16.2. The molecule has 0 N–H and O–H groups in total. The van der Waals surface area contributed by atoms with Crippen molar-refractivity contribution in [2.75, 3.05) is 27.2 Å². The average molecular weight is 246 g/mol. The molecule has 1 aliphatic rings. The molecule has 0 aromatic heterocycles. The highest BCUT2D eigenvalue weighted by Gasteiger charge is 2.27. The van der Waals surface area contributed by atoms with Crippen LogP contribution in [0.1, 0.15) is 29.3 Å². The minimum absolute atomic E-state index is 0.169. The molecular formula is C15H22N2O. The molecule has 1 aromatic rings. The van der Waals surface area contributed by atoms with E-state index in [9.17, 15) is 4.79 Å². The lowest BCUT2D eigenvalue weighted by Gasteiger charge is -2.20. The first-order chi connectivity index (χ1) is 8.61. The second-order valence-electron chi connectivity index (χ2n) is 5.21. The Labute approximate surface area is 109 Å². The van der Waals surface area contributed by atoms with Crippen molar-refractivity contribution in [3.8, 4) is 0 Å². The van der Waals surface area contributed by atoms with E-state index in [-0.39, 0.29) is 5.91 Å². The molecule has 1 aromatic carbocycles. The van der Waals surface area contributed by atoms with Crippen molar-refractivity contribution < 1.29 is 4.79 Å². The summed E-state index contributed by atoms with van der Waals surface area (Å²) in [6, 6.07) is 8.50. The van der Waals surface area contributed by atoms with Gasteiger partial charge in [0.05, 0.1) is 0 Å². The number of rotatable bonds is 3. The SMILES string of the molecule is CCc1ccc(C(=O)N2CCC(N(C)C)C2)cc1. The summed E-state index contributed by atoms with van der Waals surface area (Å²) in [7, 11) is 4.16. The molecule has 1 heterocycles. The van der Waals surface area contributed by atoms with Gasteiger partial charge in [0.2, 0.25) is 0 Å². The fourth-order valence-corrected chi connectivity index (χ4v) is 2.41. The predicted octanol–water partition coefficient (Wildman–Crippen LogP) is 2.03. The van der Waals surface area contributed by atoms with Gasteiger partial charge in [-0.15, -0.1) is 0 Å². The van der Waals surface area contributed by atoms with Gasteiger partial charge in [-0.25, -0.2) is 0 Å². The molecule has 1 fully saturated rings. The van der Waals surface area contributed by atoms with Crippen LogP contribution in [0.2, 0.25) is 0 Å². The van der Waals surface area contributed by atoms with Crippen molar-refractivity contribution in [3.05, 3.63) is 35.4 Å². The van der Waals surface area contributed by atoms with E-state index in [1.54, 1.807) is 0 Å². The fraction of sp³-hybridized carbons (Fsp3) is 0.533. The summed E-state index contributed by atoms with van der Waals surface area (Å²) in [5.41, 5.74) is 2.09. The standard InChI is InChI=1S/C15H22N2O/c1-4-12-5-7-13(8-6-12)15(18)17-10-9-14(11-17)16(2)3/h5-8,14H,4,9-11H2,1-3H3. The van der Waals surface area contributed by atoms with Gasteiger partial charge in [0.15, 0.2) is 0 Å². The van der Waals surface area contributed by atoms with Gasteiger partial charge in [-0.05, 0) is 44.6 Å². The van der Waals surface area contributed by atoms with Crippen LogP contribution < -0.4 is 0 Å². The Morgan fingerprint density at radius 1 is 1.33 bits per heavy atom. The van der Waals surface area contributed by atoms with Gasteiger partial charge in [-0.2, -0.15) is 0 Å². The lowest BCUT2D eigenvalue weighted by Crippen LogP contribution is -2.34. The van der Waals surface area contributed by atoms with E-state index in [0.29, 0.717) is 6.04 Å². The summed E-state index contributed by atoms with van der Waals surface area (Å²) in [6.45, 7) is 3.84. The summed E-state index contributed by atoms with van der Waals surface area (Å²) < 4.78 is 0. The second-order valence-corrected chi connectivity index (χ2v) is 5.21. The molecule has 0 spiro atoms. The molecule has 0 saturated carbocycles. The Morgan fingerprint density at radius 2 is 2.00 bits per heavy atom. The molecule has 1 unspecified atom stereocenters. The van der Waals surface area contributed by atoms with Gasteiger partial charge in [0.1, 0.15) is 0 Å². The maximum atomic E-state index is 12.3. The van der Waals surface area contributed by atoms with E-state index in [2.05, 4.69) is 25.9 Å². The molecule has 0 aliphatic carbocycles. The average Bonchev–Trinajstić information content (AvgIpc) is 2.88. The Bertz CT molecular complexity index is 411. The first-order valence-corrected chi connectivity index (χ1v) is 6.66. The van der Waals surface area contributed by atoms with E-state index in [4.69, 9.17) is 0 Å². The van der Waals surface area contributed by atoms with Crippen LogP contribution in [0.3, 0.4) is 0 Å². The molecular weight excluding hydrogens is 224 g/mol. The van der Waals surface area contributed by atoms with Crippen LogP contribution in [0.15, 0.2) is 24.3 Å². The fourth-order valence-electron chi connectivity index (χ4n) is 2.41. The molecule has 3 nitrogen and oxygen atoms in total. The number of carbonyl (C=O) groups excluding carboxylic acids is 1. The van der Waals surface area contributed by atoms with E-state index in [0.717, 1.165) is 31.5 Å². The Balaban J connectivity index is 2.03. The molecule has 98 valence electrons. The third kappa shape index (κ3) is 2.72. The number of carbonyl (C=O) groups is 1. The first-order valence-electron chi connectivity index (χ1n) is 6.66. The van der Waals surface area contributed by atoms with Gasteiger partial charge in [-0.1, -0.05) is 19.1 Å². The molecule has 1 aliphatic heterocycles. The maximum Gasteiger partial charge on any atom is 0.253 e. The topological polar surface area (TPSA) is 23.6 Å². The van der Waals surface area contributed by atoms with Gasteiger partial charge in [0, 0.05) is 24.7 Å². The molecule has 0 bridgehead atoms. The van der Waals surface area contributed by atoms with E-state index in [1.807, 2.05) is 29.2 Å². The number of hydrogen-bond donors (Lipinski definition) is 0. The lowest BCUT2D eigenvalue weighted by atomic mass is 10.1. The molecule has 2 rings (SSSR count). The van der Waals surface area contributed by atoms with Gasteiger partial charge < -0.3 is 9.80 Å². The quantitative estimate of drug-likeness (QED) is 0.814. The summed E-state index contributed by atoms with van der Waals surface area (Å²) in [6.07, 6.45) is 2.09. The molecule has 1 atom stereocenters. The predicted molar refractivity (Wildman–Crippen MR) is 73.8 cm³/mol. The molecule has 3 heteroatoms. The summed E-state index contributed by atoms with van der Waals surface area (Å²) in [5, 5.41) is 0. The van der Waals surface area contributed by atoms with Crippen molar-refractivity contribution in [3.63, 3.8) is 0 Å². The molecule has 18 heavy (non-hydrogen) atoms. The Hall–Kier alpha value is -1.35. The molecule has 1 saturated heterocycles. The summed E-state index contributed by atoms with van der Waals surface area (Å²) >= 11 is 0. The zero-order valence-electron chi connectivity index (χ0n) is 11.5. The van der Waals surface area contributed by atoms with Crippen molar-refractivity contribution in [1.29, 1.82) is 0 Å². The van der Waals surface area contributed by atoms with E-state index >= 15 is 0 Å². The zero-order chi connectivity index (χ0) is 13.1. The van der Waals surface area contributed by atoms with Crippen LogP contribution in [0.4, 0.5) is 0 Å². The number of benzene rings is 1. The largest absolute Gasteiger partial charge is 0.337 e. The smallest absolute Gasteiger partial charge is 0.253 e. The zero-order valence-corrected chi connectivity index (χ0v) is 11.5. The Kier molecular flexibility index (Phi) is 4.02. The summed E-state index contributed by atoms with van der Waals surface area (Å²) in [4.78, 5) is 16.5. The monoisotopic (exact) mass is 246 g/mol. The highest BCUT2D eigenvalue weighted by Crippen LogP contribution is 2.16. The van der Waals surface area contributed by atoms with Crippen LogP contribution in [0, 0.1) is 0 Å². The van der Waals surface area contributed by atoms with Crippen LogP contribution in [-0.2, 0) is 6.42 Å². The third-order valence-electron chi connectivity index (χ3n) is 3.79. The number of aryl methyl sites for hydroxylation is 1. The van der Waals surface area contributed by atoms with E-state index in [1.165, 1.54) is 5.56 Å². The van der Waals surface area contributed by atoms with Crippen LogP contribution in [0.5, 0.6) is 0 Å². The van der Waals surface area contributed by atoms with Crippen LogP contribution in [0.25, 0.3) is 0 Å². The van der Waals surface area contributed by atoms with Crippen LogP contribution in [-0.4, -0.2) is 48.9 Å². The number of hydrogen-bond acceptors (Lipinski definition) is 2. The minimum Gasteiger partial charge on any atom is -0.337 e. The summed E-state index contributed by atoms with van der Waals surface area (Å²) in [5.74, 6) is 0.169. The third-order valence-corrected chi connectivity index (χ3v) is 3.79. The second kappa shape index (κ2) is 5.53. The number of amides is 1. The van der Waals surface area contributed by atoms with Crippen molar-refractivity contribution in [2.24, 2.45) is 0 Å². The molecule has 0 radical (unpaired) electrons. The van der Waals surface area contributed by atoms with Crippen molar-refractivity contribution in [2.45, 2.75) is 25.8 Å². The normalized spacial score (nSPS) is 19.6. The van der Waals surface area contributed by atoms with Gasteiger partial charge >= 0.3 is 0 Å². The highest BCUT2D eigenvalue weighted by molar-refractivity contribution is 5.94. The minimum atomic E-state index is 0.169.